The van der Waals surface area contributed by atoms with Gasteiger partial charge in [-0.25, -0.2) is 4.98 Å². The average molecular weight is 789 g/mol. The maximum absolute atomic E-state index is 13.5. The predicted octanol–water partition coefficient (Wildman–Crippen LogP) is 4.76. The monoisotopic (exact) mass is 788 g/mol. The number of carbonyl (C=O) groups excluding carboxylic acids is 4. The Hall–Kier alpha value is -5.48. The van der Waals surface area contributed by atoms with Crippen LogP contribution in [0.2, 0.25) is 0 Å². The van der Waals surface area contributed by atoms with E-state index in [-0.39, 0.29) is 53.3 Å². The number of nitrogens with zero attached hydrogens (tertiary/aromatic N) is 5. The van der Waals surface area contributed by atoms with Crippen LogP contribution in [0.1, 0.15) is 90.9 Å². The van der Waals surface area contributed by atoms with Crippen LogP contribution in [0, 0.1) is 41.9 Å². The van der Waals surface area contributed by atoms with Gasteiger partial charge in [0.25, 0.3) is 11.8 Å². The van der Waals surface area contributed by atoms with Crippen LogP contribution in [0.15, 0.2) is 54.7 Å². The van der Waals surface area contributed by atoms with Crippen molar-refractivity contribution < 1.29 is 23.9 Å². The molecule has 0 bridgehead atoms. The molecule has 1 atom stereocenters. The van der Waals surface area contributed by atoms with Crippen molar-refractivity contribution in [3.05, 3.63) is 82.7 Å². The highest BCUT2D eigenvalue weighted by atomic mass is 16.5. The summed E-state index contributed by atoms with van der Waals surface area (Å²) in [6.07, 6.45) is 4.32. The van der Waals surface area contributed by atoms with Crippen molar-refractivity contribution in [2.24, 2.45) is 16.7 Å². The number of aromatic nitrogens is 1. The lowest BCUT2D eigenvalue weighted by Crippen LogP contribution is -2.74. The van der Waals surface area contributed by atoms with Gasteiger partial charge in [-0.3, -0.25) is 29.4 Å². The first-order valence-electron chi connectivity index (χ1n) is 20.6. The van der Waals surface area contributed by atoms with Crippen LogP contribution in [0.25, 0.3) is 0 Å². The molecule has 0 unspecified atom stereocenters. The summed E-state index contributed by atoms with van der Waals surface area (Å²) in [5.74, 6) is 0.0690. The van der Waals surface area contributed by atoms with Gasteiger partial charge in [-0.05, 0) is 98.7 Å². The number of hydrogen-bond donors (Lipinski definition) is 3. The number of ether oxygens (including phenoxy) is 1. The minimum atomic E-state index is -0.731. The second kappa shape index (κ2) is 16.4. The fraction of sp³-hybridized carbons (Fsp3) is 0.511. The standard InChI is InChI=1S/C45H56N8O5/c1-28-23-34(24-29(2)35(28)25-46)58-43-44(3,4)42(45(43,5)6)50-39(55)31-7-9-32(10-8-31)52-17-15-30(16-18-52)27-51-19-21-53(22-20-51)33-11-12-36(47-26-33)40(56)48-37-13-14-38(54)49-41(37)57/h7-12,23-24,26,30,37,42-43H,13-22,27H2,1-6H3,(H,48,56)(H,50,55)(H,49,54,57)/t37-,42?,43?/m0/s1. The average Bonchev–Trinajstić information content (AvgIpc) is 3.20. The summed E-state index contributed by atoms with van der Waals surface area (Å²) >= 11 is 0. The Morgan fingerprint density at radius 2 is 1.47 bits per heavy atom. The molecular weight excluding hydrogens is 733 g/mol. The van der Waals surface area contributed by atoms with Crippen molar-refractivity contribution in [2.45, 2.75) is 85.4 Å². The fourth-order valence-corrected chi connectivity index (χ4v) is 9.84. The molecule has 3 aliphatic heterocycles. The van der Waals surface area contributed by atoms with Crippen LogP contribution in [-0.2, 0) is 9.59 Å². The van der Waals surface area contributed by atoms with Gasteiger partial charge in [0.2, 0.25) is 11.8 Å². The minimum Gasteiger partial charge on any atom is -0.489 e. The van der Waals surface area contributed by atoms with E-state index in [0.717, 1.165) is 86.9 Å². The molecule has 3 saturated heterocycles. The van der Waals surface area contributed by atoms with Crippen LogP contribution in [0.5, 0.6) is 5.75 Å². The molecule has 4 fully saturated rings. The first kappa shape index (κ1) is 40.7. The number of piperazine rings is 1. The molecule has 2 aromatic carbocycles. The van der Waals surface area contributed by atoms with Crippen LogP contribution < -0.4 is 30.5 Å². The van der Waals surface area contributed by atoms with Crippen molar-refractivity contribution >= 4 is 35.0 Å². The first-order chi connectivity index (χ1) is 27.6. The predicted molar refractivity (Wildman–Crippen MR) is 222 cm³/mol. The molecule has 306 valence electrons. The van der Waals surface area contributed by atoms with E-state index in [0.29, 0.717) is 17.0 Å². The van der Waals surface area contributed by atoms with Crippen molar-refractivity contribution in [3.63, 3.8) is 0 Å². The van der Waals surface area contributed by atoms with E-state index in [1.165, 1.54) is 0 Å². The van der Waals surface area contributed by atoms with Crippen LogP contribution in [0.3, 0.4) is 0 Å². The number of hydrogen-bond acceptors (Lipinski definition) is 10. The normalized spacial score (nSPS) is 23.3. The van der Waals surface area contributed by atoms with E-state index in [2.05, 4.69) is 81.5 Å². The molecule has 4 aliphatic rings. The van der Waals surface area contributed by atoms with E-state index < -0.39 is 17.9 Å². The fourth-order valence-electron chi connectivity index (χ4n) is 9.84. The molecule has 4 amide bonds. The Morgan fingerprint density at radius 1 is 0.845 bits per heavy atom. The van der Waals surface area contributed by atoms with Gasteiger partial charge >= 0.3 is 0 Å². The first-order valence-corrected chi connectivity index (χ1v) is 20.6. The topological polar surface area (TPSA) is 160 Å². The van der Waals surface area contributed by atoms with Gasteiger partial charge in [-0.15, -0.1) is 0 Å². The summed E-state index contributed by atoms with van der Waals surface area (Å²) in [6, 6.07) is 16.9. The van der Waals surface area contributed by atoms with Gasteiger partial charge in [0.05, 0.1) is 23.5 Å². The molecule has 0 radical (unpaired) electrons. The Labute approximate surface area is 341 Å². The van der Waals surface area contributed by atoms with Crippen LogP contribution in [0.4, 0.5) is 11.4 Å². The van der Waals surface area contributed by atoms with Gasteiger partial charge in [0, 0.05) is 80.4 Å². The number of carbonyl (C=O) groups is 4. The van der Waals surface area contributed by atoms with Gasteiger partial charge in [0.15, 0.2) is 0 Å². The van der Waals surface area contributed by atoms with E-state index in [1.54, 1.807) is 12.3 Å². The zero-order chi connectivity index (χ0) is 41.4. The number of rotatable bonds is 10. The highest BCUT2D eigenvalue weighted by Gasteiger charge is 2.64. The highest BCUT2D eigenvalue weighted by Crippen LogP contribution is 2.55. The number of nitriles is 1. The lowest BCUT2D eigenvalue weighted by Gasteiger charge is -2.63. The number of amides is 4. The quantitative estimate of drug-likeness (QED) is 0.245. The summed E-state index contributed by atoms with van der Waals surface area (Å²) in [4.78, 5) is 61.2. The Balaban J connectivity index is 0.837. The molecule has 1 aromatic heterocycles. The number of anilines is 2. The van der Waals surface area contributed by atoms with Gasteiger partial charge in [-0.2, -0.15) is 5.26 Å². The van der Waals surface area contributed by atoms with Gasteiger partial charge in [0.1, 0.15) is 23.6 Å². The smallest absolute Gasteiger partial charge is 0.270 e. The third-order valence-electron chi connectivity index (χ3n) is 12.9. The summed E-state index contributed by atoms with van der Waals surface area (Å²) in [5, 5.41) is 17.7. The summed E-state index contributed by atoms with van der Waals surface area (Å²) < 4.78 is 6.55. The third kappa shape index (κ3) is 8.39. The lowest BCUT2D eigenvalue weighted by atomic mass is 9.49. The maximum Gasteiger partial charge on any atom is 0.270 e. The summed E-state index contributed by atoms with van der Waals surface area (Å²) in [7, 11) is 0. The molecule has 7 rings (SSSR count). The molecule has 0 spiro atoms. The Morgan fingerprint density at radius 3 is 2.05 bits per heavy atom. The molecule has 13 nitrogen and oxygen atoms in total. The highest BCUT2D eigenvalue weighted by molar-refractivity contribution is 6.03. The number of aryl methyl sites for hydroxylation is 2. The van der Waals surface area contributed by atoms with E-state index in [9.17, 15) is 24.4 Å². The molecule has 58 heavy (non-hydrogen) atoms. The number of pyridine rings is 1. The Kier molecular flexibility index (Phi) is 11.5. The summed E-state index contributed by atoms with van der Waals surface area (Å²) in [6.45, 7) is 19.1. The second-order valence-corrected chi connectivity index (χ2v) is 17.7. The molecule has 3 N–H and O–H groups in total. The molecule has 3 aromatic rings. The lowest BCUT2D eigenvalue weighted by molar-refractivity contribution is -0.164. The van der Waals surface area contributed by atoms with Gasteiger partial charge < -0.3 is 25.2 Å². The minimum absolute atomic E-state index is 0.0808. The number of piperidine rings is 2. The maximum atomic E-state index is 13.5. The van der Waals surface area contributed by atoms with E-state index in [4.69, 9.17) is 4.74 Å². The van der Waals surface area contributed by atoms with E-state index >= 15 is 0 Å². The van der Waals surface area contributed by atoms with Crippen molar-refractivity contribution in [3.8, 4) is 11.8 Å². The SMILES string of the molecule is Cc1cc(OC2C(C)(C)C(NC(=O)c3ccc(N4CCC(CN5CCN(c6ccc(C(=O)N[C@H]7CCC(=O)NC7=O)nc6)CC5)CC4)cc3)C2(C)C)cc(C)c1C#N. The second-order valence-electron chi connectivity index (χ2n) is 17.7. The third-order valence-corrected chi connectivity index (χ3v) is 12.9. The zero-order valence-electron chi connectivity index (χ0n) is 34.6. The zero-order valence-corrected chi connectivity index (χ0v) is 34.6. The van der Waals surface area contributed by atoms with Crippen molar-refractivity contribution in [2.75, 3.05) is 55.6 Å². The van der Waals surface area contributed by atoms with E-state index in [1.807, 2.05) is 44.2 Å². The van der Waals surface area contributed by atoms with Crippen molar-refractivity contribution in [1.29, 1.82) is 5.26 Å². The largest absolute Gasteiger partial charge is 0.489 e. The number of nitrogens with one attached hydrogen (secondary N) is 3. The molecule has 13 heteroatoms. The molecule has 1 aliphatic carbocycles. The van der Waals surface area contributed by atoms with Crippen LogP contribution in [-0.4, -0.2) is 97.5 Å². The summed E-state index contributed by atoms with van der Waals surface area (Å²) in [5.41, 5.74) is 4.87. The number of imide groups is 1. The molecular formula is C45H56N8O5. The van der Waals surface area contributed by atoms with Crippen LogP contribution >= 0.6 is 0 Å². The Bertz CT molecular complexity index is 2040. The van der Waals surface area contributed by atoms with Gasteiger partial charge in [-0.1, -0.05) is 27.7 Å². The number of benzene rings is 2. The van der Waals surface area contributed by atoms with Crippen molar-refractivity contribution in [1.82, 2.24) is 25.8 Å². The molecule has 1 saturated carbocycles. The molecule has 4 heterocycles.